The molecule has 0 saturated heterocycles. The molecule has 0 saturated carbocycles. The second kappa shape index (κ2) is 10.4. The number of carbonyl (C=O) groups is 2. The average Bonchev–Trinajstić information content (AvgIpc) is 2.86. The first kappa shape index (κ1) is 23.9. The average molecular weight is 499 g/mol. The summed E-state index contributed by atoms with van der Waals surface area (Å²) < 4.78 is 33.0. The fourth-order valence-corrected chi connectivity index (χ4v) is 5.62. The lowest BCUT2D eigenvalue weighted by Crippen LogP contribution is -2.36. The van der Waals surface area contributed by atoms with Crippen LogP contribution in [0.15, 0.2) is 77.7 Å². The smallest absolute Gasteiger partial charge is 0.338 e. The van der Waals surface area contributed by atoms with Crippen LogP contribution < -0.4 is 5.32 Å². The van der Waals surface area contributed by atoms with E-state index in [0.717, 1.165) is 16.7 Å². The highest BCUT2D eigenvalue weighted by atomic mass is 35.5. The molecule has 7 nitrogen and oxygen atoms in total. The second-order valence-corrected chi connectivity index (χ2v) is 10.2. The number of rotatable bonds is 7. The van der Waals surface area contributed by atoms with Gasteiger partial charge in [-0.2, -0.15) is 4.31 Å². The highest BCUT2D eigenvalue weighted by molar-refractivity contribution is 7.89. The van der Waals surface area contributed by atoms with E-state index in [0.29, 0.717) is 19.5 Å². The topological polar surface area (TPSA) is 92.8 Å². The van der Waals surface area contributed by atoms with Crippen LogP contribution in [0.3, 0.4) is 0 Å². The fraction of sp³-hybridized carbons (Fsp3) is 0.200. The van der Waals surface area contributed by atoms with Crippen LogP contribution in [0.4, 0.5) is 0 Å². The summed E-state index contributed by atoms with van der Waals surface area (Å²) in [5.74, 6) is -1.28. The van der Waals surface area contributed by atoms with Gasteiger partial charge in [-0.15, -0.1) is 0 Å². The summed E-state index contributed by atoms with van der Waals surface area (Å²) >= 11 is 6.21. The highest BCUT2D eigenvalue weighted by Gasteiger charge is 2.30. The lowest BCUT2D eigenvalue weighted by molar-refractivity contribution is -0.124. The zero-order valence-electron chi connectivity index (χ0n) is 18.2. The zero-order chi connectivity index (χ0) is 24.1. The van der Waals surface area contributed by atoms with Gasteiger partial charge in [0.2, 0.25) is 10.0 Å². The minimum absolute atomic E-state index is 0.00348. The van der Waals surface area contributed by atoms with Crippen LogP contribution in [0.2, 0.25) is 5.02 Å². The first-order valence-corrected chi connectivity index (χ1v) is 12.5. The molecule has 1 N–H and O–H groups in total. The van der Waals surface area contributed by atoms with Gasteiger partial charge in [0.15, 0.2) is 6.61 Å². The number of hydrogen-bond donors (Lipinski definition) is 1. The van der Waals surface area contributed by atoms with Crippen LogP contribution in [0, 0.1) is 0 Å². The normalized spacial score (nSPS) is 13.7. The number of sulfonamides is 1. The van der Waals surface area contributed by atoms with Crippen LogP contribution in [0.1, 0.15) is 27.0 Å². The Kier molecular flexibility index (Phi) is 7.31. The van der Waals surface area contributed by atoms with Crippen LogP contribution in [0.5, 0.6) is 0 Å². The Hall–Kier alpha value is -3.20. The van der Waals surface area contributed by atoms with Crippen molar-refractivity contribution in [3.05, 3.63) is 100 Å². The van der Waals surface area contributed by atoms with Crippen molar-refractivity contribution in [2.24, 2.45) is 0 Å². The summed E-state index contributed by atoms with van der Waals surface area (Å²) in [6, 6.07) is 20.9. The zero-order valence-corrected chi connectivity index (χ0v) is 19.8. The Morgan fingerprint density at radius 1 is 0.971 bits per heavy atom. The molecule has 0 aromatic heterocycles. The first-order valence-electron chi connectivity index (χ1n) is 10.7. The summed E-state index contributed by atoms with van der Waals surface area (Å²) in [5, 5.41) is 2.67. The van der Waals surface area contributed by atoms with Crippen LogP contribution in [0.25, 0.3) is 0 Å². The molecule has 0 atom stereocenters. The molecule has 34 heavy (non-hydrogen) atoms. The van der Waals surface area contributed by atoms with E-state index < -0.39 is 28.5 Å². The maximum atomic E-state index is 13.3. The predicted octanol–water partition coefficient (Wildman–Crippen LogP) is 3.56. The number of benzene rings is 3. The van der Waals surface area contributed by atoms with Gasteiger partial charge in [0.25, 0.3) is 5.91 Å². The van der Waals surface area contributed by atoms with Gasteiger partial charge >= 0.3 is 5.97 Å². The van der Waals surface area contributed by atoms with Crippen LogP contribution in [-0.4, -0.2) is 37.8 Å². The van der Waals surface area contributed by atoms with Gasteiger partial charge in [0.05, 0.1) is 10.6 Å². The summed E-state index contributed by atoms with van der Waals surface area (Å²) in [6.45, 7) is 0.357. The third kappa shape index (κ3) is 5.47. The van der Waals surface area contributed by atoms with Gasteiger partial charge in [-0.1, -0.05) is 66.2 Å². The van der Waals surface area contributed by atoms with Crippen molar-refractivity contribution in [1.29, 1.82) is 0 Å². The lowest BCUT2D eigenvalue weighted by atomic mass is 10.0. The molecule has 0 radical (unpaired) electrons. The van der Waals surface area contributed by atoms with E-state index in [4.69, 9.17) is 16.3 Å². The van der Waals surface area contributed by atoms with Crippen molar-refractivity contribution in [1.82, 2.24) is 9.62 Å². The first-order chi connectivity index (χ1) is 16.3. The largest absolute Gasteiger partial charge is 0.452 e. The van der Waals surface area contributed by atoms with Gasteiger partial charge in [-0.05, 0) is 41.3 Å². The Balaban J connectivity index is 1.42. The summed E-state index contributed by atoms with van der Waals surface area (Å²) in [7, 11) is -3.95. The van der Waals surface area contributed by atoms with E-state index in [9.17, 15) is 18.0 Å². The Bertz CT molecular complexity index is 1310. The number of esters is 1. The van der Waals surface area contributed by atoms with E-state index in [-0.39, 0.29) is 22.0 Å². The molecule has 1 amide bonds. The standard InChI is InChI=1S/C25H23ClN2O5S/c26-22-11-10-20(25(30)33-17-24(29)27-15-18-6-2-1-3-7-18)14-23(22)34(31,32)28-13-12-19-8-4-5-9-21(19)16-28/h1-11,14H,12-13,15-17H2,(H,27,29). The van der Waals surface area contributed by atoms with E-state index in [2.05, 4.69) is 5.32 Å². The van der Waals surface area contributed by atoms with E-state index in [1.54, 1.807) is 0 Å². The summed E-state index contributed by atoms with van der Waals surface area (Å²) in [6.07, 6.45) is 0.590. The van der Waals surface area contributed by atoms with Crippen molar-refractivity contribution in [2.75, 3.05) is 13.2 Å². The highest BCUT2D eigenvalue weighted by Crippen LogP contribution is 2.30. The molecule has 1 aliphatic rings. The SMILES string of the molecule is O=C(COC(=O)c1ccc(Cl)c(S(=O)(=O)N2CCc3ccccc3C2)c1)NCc1ccccc1. The Morgan fingerprint density at radius 2 is 1.68 bits per heavy atom. The van der Waals surface area contributed by atoms with Gasteiger partial charge < -0.3 is 10.1 Å². The molecular formula is C25H23ClN2O5S. The number of fused-ring (bicyclic) bond motifs is 1. The molecule has 9 heteroatoms. The molecule has 0 spiro atoms. The fourth-order valence-electron chi connectivity index (χ4n) is 3.70. The van der Waals surface area contributed by atoms with Crippen molar-refractivity contribution in [3.63, 3.8) is 0 Å². The Morgan fingerprint density at radius 3 is 2.44 bits per heavy atom. The van der Waals surface area contributed by atoms with E-state index >= 15 is 0 Å². The third-order valence-corrected chi connectivity index (χ3v) is 7.87. The van der Waals surface area contributed by atoms with Crippen molar-refractivity contribution in [3.8, 4) is 0 Å². The van der Waals surface area contributed by atoms with Gasteiger partial charge in [-0.3, -0.25) is 4.79 Å². The number of hydrogen-bond acceptors (Lipinski definition) is 5. The third-order valence-electron chi connectivity index (χ3n) is 5.55. The van der Waals surface area contributed by atoms with Crippen molar-refractivity contribution < 1.29 is 22.7 Å². The molecule has 1 heterocycles. The van der Waals surface area contributed by atoms with Gasteiger partial charge in [0, 0.05) is 19.6 Å². The molecule has 3 aromatic carbocycles. The maximum absolute atomic E-state index is 13.3. The number of halogens is 1. The molecule has 0 aliphatic carbocycles. The summed E-state index contributed by atoms with van der Waals surface area (Å²) in [5.41, 5.74) is 2.96. The molecule has 0 unspecified atom stereocenters. The monoisotopic (exact) mass is 498 g/mol. The summed E-state index contributed by atoms with van der Waals surface area (Å²) in [4.78, 5) is 24.4. The van der Waals surface area contributed by atoms with E-state index in [1.165, 1.54) is 22.5 Å². The van der Waals surface area contributed by atoms with Crippen LogP contribution >= 0.6 is 11.6 Å². The van der Waals surface area contributed by atoms with Gasteiger partial charge in [0.1, 0.15) is 4.90 Å². The molecule has 3 aromatic rings. The predicted molar refractivity (Wildman–Crippen MR) is 128 cm³/mol. The molecule has 176 valence electrons. The number of carbonyl (C=O) groups excluding carboxylic acids is 2. The molecule has 0 bridgehead atoms. The van der Waals surface area contributed by atoms with Crippen LogP contribution in [-0.2, 0) is 39.1 Å². The number of nitrogens with zero attached hydrogens (tertiary/aromatic N) is 1. The van der Waals surface area contributed by atoms with Crippen molar-refractivity contribution >= 4 is 33.5 Å². The van der Waals surface area contributed by atoms with Gasteiger partial charge in [-0.25, -0.2) is 13.2 Å². The second-order valence-electron chi connectivity index (χ2n) is 7.84. The quantitative estimate of drug-likeness (QED) is 0.503. The number of amides is 1. The molecule has 1 aliphatic heterocycles. The van der Waals surface area contributed by atoms with Crippen molar-refractivity contribution in [2.45, 2.75) is 24.4 Å². The van der Waals surface area contributed by atoms with E-state index in [1.807, 2.05) is 54.6 Å². The minimum Gasteiger partial charge on any atom is -0.452 e. The minimum atomic E-state index is -3.95. The lowest BCUT2D eigenvalue weighted by Gasteiger charge is -2.28. The maximum Gasteiger partial charge on any atom is 0.338 e. The Labute approximate surface area is 203 Å². The molecule has 0 fully saturated rings. The molecule has 4 rings (SSSR count). The molecular weight excluding hydrogens is 476 g/mol. The number of ether oxygens (including phenoxy) is 1. The number of nitrogens with one attached hydrogen (secondary N) is 1.